The fraction of sp³-hybridized carbons (Fsp3) is 0.455. The summed E-state index contributed by atoms with van der Waals surface area (Å²) in [6.07, 6.45) is 1.68. The number of aromatic nitrogens is 1. The van der Waals surface area contributed by atoms with E-state index >= 15 is 0 Å². The molecular weight excluding hydrogens is 256 g/mol. The van der Waals surface area contributed by atoms with Gasteiger partial charge < -0.3 is 10.4 Å². The van der Waals surface area contributed by atoms with Gasteiger partial charge in [-0.1, -0.05) is 0 Å². The van der Waals surface area contributed by atoms with Gasteiger partial charge >= 0.3 is 5.97 Å². The van der Waals surface area contributed by atoms with E-state index in [-0.39, 0.29) is 11.3 Å². The lowest BCUT2D eigenvalue weighted by Gasteiger charge is -2.07. The van der Waals surface area contributed by atoms with E-state index in [4.69, 9.17) is 5.11 Å². The molecule has 0 unspecified atom stereocenters. The first kappa shape index (κ1) is 14.4. The summed E-state index contributed by atoms with van der Waals surface area (Å²) in [7, 11) is -2.94. The molecule has 18 heavy (non-hydrogen) atoms. The lowest BCUT2D eigenvalue weighted by Crippen LogP contribution is -2.11. The van der Waals surface area contributed by atoms with Crippen molar-refractivity contribution in [2.24, 2.45) is 0 Å². The maximum atomic E-state index is 10.9. The predicted octanol–water partition coefficient (Wildman–Crippen LogP) is 0.935. The third-order valence-electron chi connectivity index (χ3n) is 2.31. The number of aromatic carboxylic acids is 1. The third kappa shape index (κ3) is 4.70. The van der Waals surface area contributed by atoms with Crippen LogP contribution in [0.5, 0.6) is 0 Å². The fourth-order valence-electron chi connectivity index (χ4n) is 1.44. The molecule has 0 saturated heterocycles. The van der Waals surface area contributed by atoms with Gasteiger partial charge in [0.2, 0.25) is 0 Å². The van der Waals surface area contributed by atoms with Gasteiger partial charge in [-0.3, -0.25) is 0 Å². The van der Waals surface area contributed by atoms with Crippen LogP contribution >= 0.6 is 0 Å². The molecule has 1 aromatic heterocycles. The van der Waals surface area contributed by atoms with Gasteiger partial charge in [0.15, 0.2) is 0 Å². The SMILES string of the molecule is Cc1nc(NCCCS(C)(=O)=O)ccc1C(=O)O. The molecule has 6 nitrogen and oxygen atoms in total. The molecule has 1 aromatic rings. The molecule has 0 amide bonds. The van der Waals surface area contributed by atoms with E-state index in [1.165, 1.54) is 12.3 Å². The van der Waals surface area contributed by atoms with Gasteiger partial charge in [-0.2, -0.15) is 0 Å². The van der Waals surface area contributed by atoms with Crippen LogP contribution in [0.4, 0.5) is 5.82 Å². The molecule has 0 aliphatic rings. The van der Waals surface area contributed by atoms with Crippen molar-refractivity contribution in [3.8, 4) is 0 Å². The molecule has 100 valence electrons. The van der Waals surface area contributed by atoms with E-state index < -0.39 is 15.8 Å². The van der Waals surface area contributed by atoms with Crippen LogP contribution in [0.25, 0.3) is 0 Å². The lowest BCUT2D eigenvalue weighted by atomic mass is 10.2. The van der Waals surface area contributed by atoms with Gasteiger partial charge in [-0.15, -0.1) is 0 Å². The minimum atomic E-state index is -2.94. The fourth-order valence-corrected chi connectivity index (χ4v) is 2.11. The van der Waals surface area contributed by atoms with Crippen LogP contribution in [0.3, 0.4) is 0 Å². The van der Waals surface area contributed by atoms with Crippen molar-refractivity contribution in [3.63, 3.8) is 0 Å². The van der Waals surface area contributed by atoms with Crippen molar-refractivity contribution < 1.29 is 18.3 Å². The smallest absolute Gasteiger partial charge is 0.337 e. The van der Waals surface area contributed by atoms with Crippen LogP contribution in [0.1, 0.15) is 22.5 Å². The molecule has 0 bridgehead atoms. The molecule has 0 atom stereocenters. The molecule has 0 aliphatic heterocycles. The van der Waals surface area contributed by atoms with Crippen molar-refractivity contribution in [2.45, 2.75) is 13.3 Å². The second-order valence-electron chi connectivity index (χ2n) is 4.04. The Bertz CT molecular complexity index is 540. The number of nitrogens with one attached hydrogen (secondary N) is 1. The average Bonchev–Trinajstić information content (AvgIpc) is 2.22. The van der Waals surface area contributed by atoms with Crippen molar-refractivity contribution >= 4 is 21.6 Å². The van der Waals surface area contributed by atoms with Gasteiger partial charge in [-0.25, -0.2) is 18.2 Å². The summed E-state index contributed by atoms with van der Waals surface area (Å²) in [5.74, 6) is -0.346. The third-order valence-corrected chi connectivity index (χ3v) is 3.34. The van der Waals surface area contributed by atoms with Crippen LogP contribution in [0.2, 0.25) is 0 Å². The number of hydrogen-bond acceptors (Lipinski definition) is 5. The van der Waals surface area contributed by atoms with Crippen molar-refractivity contribution in [3.05, 3.63) is 23.4 Å². The maximum Gasteiger partial charge on any atom is 0.337 e. The van der Waals surface area contributed by atoms with E-state index in [0.29, 0.717) is 24.5 Å². The first-order valence-electron chi connectivity index (χ1n) is 5.42. The minimum Gasteiger partial charge on any atom is -0.478 e. The highest BCUT2D eigenvalue weighted by molar-refractivity contribution is 7.90. The van der Waals surface area contributed by atoms with Crippen LogP contribution in [0, 0.1) is 6.92 Å². The van der Waals surface area contributed by atoms with E-state index in [0.717, 1.165) is 0 Å². The Morgan fingerprint density at radius 1 is 1.44 bits per heavy atom. The number of carboxylic acids is 1. The highest BCUT2D eigenvalue weighted by atomic mass is 32.2. The average molecular weight is 272 g/mol. The molecular formula is C11H16N2O4S. The number of aryl methyl sites for hydroxylation is 1. The first-order valence-corrected chi connectivity index (χ1v) is 7.48. The Kier molecular flexibility index (Phi) is 4.66. The standard InChI is InChI=1S/C11H16N2O4S/c1-8-9(11(14)15)4-5-10(13-8)12-6-3-7-18(2,16)17/h4-5H,3,6-7H2,1-2H3,(H,12,13)(H,14,15). The zero-order valence-electron chi connectivity index (χ0n) is 10.3. The number of anilines is 1. The molecule has 0 spiro atoms. The second-order valence-corrected chi connectivity index (χ2v) is 6.30. The first-order chi connectivity index (χ1) is 8.29. The number of carbonyl (C=O) groups is 1. The monoisotopic (exact) mass is 272 g/mol. The second kappa shape index (κ2) is 5.81. The normalized spacial score (nSPS) is 11.2. The quantitative estimate of drug-likeness (QED) is 0.748. The van der Waals surface area contributed by atoms with Gasteiger partial charge in [0.25, 0.3) is 0 Å². The summed E-state index contributed by atoms with van der Waals surface area (Å²) >= 11 is 0. The van der Waals surface area contributed by atoms with Gasteiger partial charge in [0, 0.05) is 12.8 Å². The van der Waals surface area contributed by atoms with Crippen molar-refractivity contribution in [1.29, 1.82) is 0 Å². The highest BCUT2D eigenvalue weighted by Crippen LogP contribution is 2.10. The Morgan fingerprint density at radius 2 is 2.11 bits per heavy atom. The van der Waals surface area contributed by atoms with Crippen LogP contribution in [-0.2, 0) is 9.84 Å². The van der Waals surface area contributed by atoms with Crippen LogP contribution in [0.15, 0.2) is 12.1 Å². The number of nitrogens with zero attached hydrogens (tertiary/aromatic N) is 1. The molecule has 0 aromatic carbocycles. The Labute approximate surface area is 106 Å². The zero-order valence-corrected chi connectivity index (χ0v) is 11.1. The Morgan fingerprint density at radius 3 is 2.61 bits per heavy atom. The molecule has 0 saturated carbocycles. The van der Waals surface area contributed by atoms with Crippen molar-refractivity contribution in [1.82, 2.24) is 4.98 Å². The molecule has 7 heteroatoms. The molecule has 0 fully saturated rings. The van der Waals surface area contributed by atoms with Gasteiger partial charge in [-0.05, 0) is 25.5 Å². The van der Waals surface area contributed by atoms with E-state index in [2.05, 4.69) is 10.3 Å². The summed E-state index contributed by atoms with van der Waals surface area (Å²) in [5.41, 5.74) is 0.590. The van der Waals surface area contributed by atoms with Gasteiger partial charge in [0.1, 0.15) is 15.7 Å². The molecule has 1 rings (SSSR count). The minimum absolute atomic E-state index is 0.117. The number of sulfone groups is 1. The number of hydrogen-bond donors (Lipinski definition) is 2. The summed E-state index contributed by atoms with van der Waals surface area (Å²) in [5, 5.41) is 11.8. The topological polar surface area (TPSA) is 96.4 Å². The van der Waals surface area contributed by atoms with Crippen LogP contribution < -0.4 is 5.32 Å². The number of pyridine rings is 1. The van der Waals surface area contributed by atoms with E-state index in [1.54, 1.807) is 13.0 Å². The molecule has 1 heterocycles. The maximum absolute atomic E-state index is 10.9. The van der Waals surface area contributed by atoms with Crippen molar-refractivity contribution in [2.75, 3.05) is 23.9 Å². The number of carboxylic acid groups (broad SMARTS) is 1. The predicted molar refractivity (Wildman–Crippen MR) is 68.8 cm³/mol. The van der Waals surface area contributed by atoms with Gasteiger partial charge in [0.05, 0.1) is 17.0 Å². The Hall–Kier alpha value is -1.63. The zero-order chi connectivity index (χ0) is 13.8. The summed E-state index contributed by atoms with van der Waals surface area (Å²) in [6.45, 7) is 2.09. The number of rotatable bonds is 6. The molecule has 0 aliphatic carbocycles. The van der Waals surface area contributed by atoms with E-state index in [1.807, 2.05) is 0 Å². The van der Waals surface area contributed by atoms with Crippen LogP contribution in [-0.4, -0.2) is 43.0 Å². The Balaban J connectivity index is 2.54. The highest BCUT2D eigenvalue weighted by Gasteiger charge is 2.08. The molecule has 2 N–H and O–H groups in total. The lowest BCUT2D eigenvalue weighted by molar-refractivity contribution is 0.0695. The van der Waals surface area contributed by atoms with E-state index in [9.17, 15) is 13.2 Å². The summed E-state index contributed by atoms with van der Waals surface area (Å²) < 4.78 is 21.8. The largest absolute Gasteiger partial charge is 0.478 e. The summed E-state index contributed by atoms with van der Waals surface area (Å²) in [6, 6.07) is 3.04. The molecule has 0 radical (unpaired) electrons. The summed E-state index contributed by atoms with van der Waals surface area (Å²) in [4.78, 5) is 14.9.